The predicted octanol–water partition coefficient (Wildman–Crippen LogP) is 0.532. The lowest BCUT2D eigenvalue weighted by atomic mass is 10.2. The number of carboxylic acids is 1. The van der Waals surface area contributed by atoms with Crippen LogP contribution in [0.2, 0.25) is 0 Å². The van der Waals surface area contributed by atoms with E-state index in [1.165, 1.54) is 0 Å². The van der Waals surface area contributed by atoms with Crippen molar-refractivity contribution in [3.05, 3.63) is 0 Å². The molecule has 5 heteroatoms. The zero-order valence-corrected chi connectivity index (χ0v) is 8.10. The first kappa shape index (κ1) is 11.4. The average molecular weight is 194 g/mol. The molecule has 0 saturated heterocycles. The minimum Gasteiger partial charge on any atom is -0.480 e. The van der Waals surface area contributed by atoms with E-state index in [0.717, 1.165) is 0 Å². The molecule has 72 valence electrons. The van der Waals surface area contributed by atoms with Gasteiger partial charge in [0, 0.05) is 0 Å². The molecule has 0 bridgehead atoms. The normalized spacial score (nSPS) is 11.9. The van der Waals surface area contributed by atoms with Crippen molar-refractivity contribution < 1.29 is 18.3 Å². The number of hydrogen-bond donors (Lipinski definition) is 1. The van der Waals surface area contributed by atoms with Crippen molar-refractivity contribution in [1.82, 2.24) is 0 Å². The molecule has 12 heavy (non-hydrogen) atoms. The third kappa shape index (κ3) is 6.15. The van der Waals surface area contributed by atoms with Crippen LogP contribution in [0.25, 0.3) is 0 Å². The molecule has 0 amide bonds. The quantitative estimate of drug-likeness (QED) is 0.693. The first-order valence-corrected chi connectivity index (χ1v) is 5.58. The van der Waals surface area contributed by atoms with Crippen molar-refractivity contribution in [2.45, 2.75) is 20.3 Å². The van der Waals surface area contributed by atoms with E-state index in [1.807, 2.05) is 13.8 Å². The monoisotopic (exact) mass is 194 g/mol. The fraction of sp³-hybridized carbons (Fsp3) is 0.857. The molecular weight excluding hydrogens is 180 g/mol. The summed E-state index contributed by atoms with van der Waals surface area (Å²) in [6.45, 7) is 3.80. The largest absolute Gasteiger partial charge is 0.480 e. The van der Waals surface area contributed by atoms with Crippen LogP contribution in [-0.4, -0.2) is 31.0 Å². The first-order valence-electron chi connectivity index (χ1n) is 3.75. The van der Waals surface area contributed by atoms with Crippen LogP contribution in [0, 0.1) is 5.92 Å². The van der Waals surface area contributed by atoms with Gasteiger partial charge in [-0.2, -0.15) is 0 Å². The highest BCUT2D eigenvalue weighted by atomic mass is 32.2. The van der Waals surface area contributed by atoms with Crippen LogP contribution < -0.4 is 0 Å². The zero-order valence-electron chi connectivity index (χ0n) is 7.28. The molecule has 0 atom stereocenters. The Morgan fingerprint density at radius 2 is 1.92 bits per heavy atom. The molecule has 1 N–H and O–H groups in total. The van der Waals surface area contributed by atoms with E-state index in [9.17, 15) is 13.2 Å². The Kier molecular flexibility index (Phi) is 4.23. The highest BCUT2D eigenvalue weighted by molar-refractivity contribution is 7.92. The van der Waals surface area contributed by atoms with Gasteiger partial charge in [0.05, 0.1) is 5.75 Å². The third-order valence-corrected chi connectivity index (χ3v) is 2.89. The second kappa shape index (κ2) is 4.45. The number of sulfone groups is 1. The van der Waals surface area contributed by atoms with Crippen molar-refractivity contribution in [3.8, 4) is 0 Å². The summed E-state index contributed by atoms with van der Waals surface area (Å²) in [5.41, 5.74) is 0. The molecule has 0 aromatic heterocycles. The summed E-state index contributed by atoms with van der Waals surface area (Å²) < 4.78 is 21.9. The van der Waals surface area contributed by atoms with Crippen LogP contribution in [0.15, 0.2) is 0 Å². The highest BCUT2D eigenvalue weighted by Gasteiger charge is 2.15. The van der Waals surface area contributed by atoms with Gasteiger partial charge >= 0.3 is 5.97 Å². The van der Waals surface area contributed by atoms with Gasteiger partial charge in [-0.1, -0.05) is 13.8 Å². The van der Waals surface area contributed by atoms with Gasteiger partial charge in [-0.15, -0.1) is 0 Å². The molecule has 0 aromatic carbocycles. The Morgan fingerprint density at radius 3 is 2.25 bits per heavy atom. The first-order chi connectivity index (χ1) is 5.33. The average Bonchev–Trinajstić information content (AvgIpc) is 1.81. The Balaban J connectivity index is 3.98. The summed E-state index contributed by atoms with van der Waals surface area (Å²) in [6, 6.07) is 0. The summed E-state index contributed by atoms with van der Waals surface area (Å²) in [5, 5.41) is 8.24. The Labute approximate surface area is 72.5 Å². The van der Waals surface area contributed by atoms with Crippen LogP contribution in [0.4, 0.5) is 0 Å². The minimum absolute atomic E-state index is 0.0308. The molecule has 0 heterocycles. The van der Waals surface area contributed by atoms with E-state index in [4.69, 9.17) is 5.11 Å². The lowest BCUT2D eigenvalue weighted by molar-refractivity contribution is -0.134. The summed E-state index contributed by atoms with van der Waals surface area (Å²) in [4.78, 5) is 10.1. The maximum absolute atomic E-state index is 11.0. The predicted molar refractivity (Wildman–Crippen MR) is 45.7 cm³/mol. The van der Waals surface area contributed by atoms with E-state index < -0.39 is 21.6 Å². The Bertz CT molecular complexity index is 240. The Hall–Kier alpha value is -0.580. The third-order valence-electron chi connectivity index (χ3n) is 1.35. The molecule has 0 aromatic rings. The van der Waals surface area contributed by atoms with Crippen LogP contribution in [-0.2, 0) is 14.6 Å². The van der Waals surface area contributed by atoms with Crippen LogP contribution >= 0.6 is 0 Å². The molecule has 0 fully saturated rings. The van der Waals surface area contributed by atoms with Gasteiger partial charge in [0.1, 0.15) is 5.75 Å². The van der Waals surface area contributed by atoms with E-state index in [2.05, 4.69) is 0 Å². The number of hydrogen-bond acceptors (Lipinski definition) is 3. The van der Waals surface area contributed by atoms with E-state index in [0.29, 0.717) is 6.42 Å². The summed E-state index contributed by atoms with van der Waals surface area (Å²) >= 11 is 0. The second-order valence-corrected chi connectivity index (χ2v) is 5.35. The van der Waals surface area contributed by atoms with Gasteiger partial charge in [0.25, 0.3) is 0 Å². The molecule has 0 unspecified atom stereocenters. The summed E-state index contributed by atoms with van der Waals surface area (Å²) in [6.07, 6.45) is 0.523. The van der Waals surface area contributed by atoms with Crippen molar-refractivity contribution in [2.24, 2.45) is 5.92 Å². The van der Waals surface area contributed by atoms with Gasteiger partial charge in [-0.3, -0.25) is 4.79 Å². The van der Waals surface area contributed by atoms with Crippen molar-refractivity contribution in [3.63, 3.8) is 0 Å². The highest BCUT2D eigenvalue weighted by Crippen LogP contribution is 2.03. The maximum atomic E-state index is 11.0. The smallest absolute Gasteiger partial charge is 0.318 e. The van der Waals surface area contributed by atoms with Gasteiger partial charge in [0.15, 0.2) is 9.84 Å². The molecule has 0 aliphatic heterocycles. The topological polar surface area (TPSA) is 71.4 Å². The standard InChI is InChI=1S/C7H14O4S/c1-6(2)3-4-12(10,11)5-7(8)9/h6H,3-5H2,1-2H3,(H,8,9). The van der Waals surface area contributed by atoms with E-state index >= 15 is 0 Å². The zero-order chi connectivity index (χ0) is 9.78. The number of aliphatic carboxylic acids is 1. The number of carboxylic acid groups (broad SMARTS) is 1. The molecule has 0 saturated carbocycles. The van der Waals surface area contributed by atoms with E-state index in [-0.39, 0.29) is 11.7 Å². The summed E-state index contributed by atoms with van der Waals surface area (Å²) in [5.74, 6) is -1.77. The molecular formula is C7H14O4S. The Morgan fingerprint density at radius 1 is 1.42 bits per heavy atom. The molecule has 0 spiro atoms. The van der Waals surface area contributed by atoms with Gasteiger partial charge in [-0.05, 0) is 12.3 Å². The molecule has 0 rings (SSSR count). The minimum atomic E-state index is -3.38. The van der Waals surface area contributed by atoms with Crippen molar-refractivity contribution in [2.75, 3.05) is 11.5 Å². The fourth-order valence-corrected chi connectivity index (χ4v) is 2.03. The fourth-order valence-electron chi connectivity index (χ4n) is 0.676. The second-order valence-electron chi connectivity index (χ2n) is 3.17. The van der Waals surface area contributed by atoms with Crippen molar-refractivity contribution in [1.29, 1.82) is 0 Å². The maximum Gasteiger partial charge on any atom is 0.318 e. The number of carbonyl (C=O) groups is 1. The lowest BCUT2D eigenvalue weighted by Gasteiger charge is -2.03. The van der Waals surface area contributed by atoms with Gasteiger partial charge < -0.3 is 5.11 Å². The van der Waals surface area contributed by atoms with Crippen LogP contribution in [0.1, 0.15) is 20.3 Å². The molecule has 4 nitrogen and oxygen atoms in total. The molecule has 0 aliphatic rings. The van der Waals surface area contributed by atoms with E-state index in [1.54, 1.807) is 0 Å². The van der Waals surface area contributed by atoms with Gasteiger partial charge in [-0.25, -0.2) is 8.42 Å². The van der Waals surface area contributed by atoms with Crippen molar-refractivity contribution >= 4 is 15.8 Å². The summed E-state index contributed by atoms with van der Waals surface area (Å²) in [7, 11) is -3.38. The van der Waals surface area contributed by atoms with Crippen LogP contribution in [0.5, 0.6) is 0 Å². The number of rotatable bonds is 5. The van der Waals surface area contributed by atoms with Gasteiger partial charge in [0.2, 0.25) is 0 Å². The van der Waals surface area contributed by atoms with Crippen LogP contribution in [0.3, 0.4) is 0 Å². The molecule has 0 radical (unpaired) electrons. The lowest BCUT2D eigenvalue weighted by Crippen LogP contribution is -2.19. The molecule has 0 aliphatic carbocycles. The SMILES string of the molecule is CC(C)CCS(=O)(=O)CC(=O)O.